The van der Waals surface area contributed by atoms with Gasteiger partial charge in [0.1, 0.15) is 0 Å². The summed E-state index contributed by atoms with van der Waals surface area (Å²) in [7, 11) is 0. The van der Waals surface area contributed by atoms with Crippen LogP contribution in [0.15, 0.2) is 29.3 Å². The number of rotatable bonds is 9. The normalized spacial score (nSPS) is 16.7. The van der Waals surface area contributed by atoms with E-state index in [2.05, 4.69) is 65.5 Å². The van der Waals surface area contributed by atoms with Crippen molar-refractivity contribution < 1.29 is 0 Å². The van der Waals surface area contributed by atoms with Gasteiger partial charge >= 0.3 is 0 Å². The first kappa shape index (κ1) is 20.7. The summed E-state index contributed by atoms with van der Waals surface area (Å²) < 4.78 is 0. The fraction of sp³-hybridized carbons (Fsp3) is 0.667. The van der Waals surface area contributed by atoms with Gasteiger partial charge in [-0.3, -0.25) is 4.90 Å². The van der Waals surface area contributed by atoms with E-state index in [1.165, 1.54) is 37.1 Å². The molecular formula is C21H37N5. The maximum atomic E-state index is 4.80. The minimum absolute atomic E-state index is 0.729. The first-order chi connectivity index (χ1) is 12.8. The van der Waals surface area contributed by atoms with Gasteiger partial charge in [0.15, 0.2) is 5.96 Å². The standard InChI is InChI=1S/C21H37N5/c1-4-7-12-23-21(22-5-2)24-17-19-10-8-9-11-20(19)18-26-15-13-25(6-3)14-16-26/h8-11H,4-7,12-18H2,1-3H3,(H2,22,23,24). The van der Waals surface area contributed by atoms with Gasteiger partial charge in [-0.25, -0.2) is 4.99 Å². The number of guanidine groups is 1. The predicted octanol–water partition coefficient (Wildman–Crippen LogP) is 2.68. The molecule has 1 aromatic carbocycles. The Bertz CT molecular complexity index is 535. The molecule has 146 valence electrons. The Labute approximate surface area is 159 Å². The van der Waals surface area contributed by atoms with Crippen LogP contribution in [0, 0.1) is 0 Å². The van der Waals surface area contributed by atoms with Crippen molar-refractivity contribution in [2.24, 2.45) is 4.99 Å². The third kappa shape index (κ3) is 6.96. The number of likely N-dealkylation sites (N-methyl/N-ethyl adjacent to an activating group) is 1. The average molecular weight is 360 g/mol. The summed E-state index contributed by atoms with van der Waals surface area (Å²) in [5, 5.41) is 6.77. The maximum absolute atomic E-state index is 4.80. The first-order valence-corrected chi connectivity index (χ1v) is 10.3. The zero-order valence-corrected chi connectivity index (χ0v) is 16.9. The van der Waals surface area contributed by atoms with Crippen LogP contribution in [0.4, 0.5) is 0 Å². The summed E-state index contributed by atoms with van der Waals surface area (Å²) in [6, 6.07) is 8.75. The first-order valence-electron chi connectivity index (χ1n) is 10.3. The second-order valence-corrected chi connectivity index (χ2v) is 6.95. The van der Waals surface area contributed by atoms with Crippen molar-refractivity contribution in [3.05, 3.63) is 35.4 Å². The van der Waals surface area contributed by atoms with Crippen molar-refractivity contribution in [2.75, 3.05) is 45.8 Å². The van der Waals surface area contributed by atoms with E-state index in [0.29, 0.717) is 0 Å². The van der Waals surface area contributed by atoms with Crippen molar-refractivity contribution in [2.45, 2.75) is 46.7 Å². The molecule has 1 fully saturated rings. The number of hydrogen-bond donors (Lipinski definition) is 2. The minimum Gasteiger partial charge on any atom is -0.357 e. The summed E-state index contributed by atoms with van der Waals surface area (Å²) in [5.74, 6) is 0.923. The molecular weight excluding hydrogens is 322 g/mol. The molecule has 0 radical (unpaired) electrons. The topological polar surface area (TPSA) is 42.9 Å². The summed E-state index contributed by atoms with van der Waals surface area (Å²) in [6.45, 7) is 16.0. The van der Waals surface area contributed by atoms with Gasteiger partial charge in [0, 0.05) is 45.8 Å². The lowest BCUT2D eigenvalue weighted by atomic mass is 10.1. The molecule has 0 saturated carbocycles. The molecule has 1 saturated heterocycles. The molecule has 1 heterocycles. The van der Waals surface area contributed by atoms with E-state index in [0.717, 1.165) is 51.8 Å². The monoisotopic (exact) mass is 359 g/mol. The number of hydrogen-bond acceptors (Lipinski definition) is 3. The number of piperazine rings is 1. The third-order valence-electron chi connectivity index (χ3n) is 5.00. The van der Waals surface area contributed by atoms with Crippen molar-refractivity contribution in [1.29, 1.82) is 0 Å². The molecule has 0 aliphatic carbocycles. The second-order valence-electron chi connectivity index (χ2n) is 6.95. The Morgan fingerprint density at radius 1 is 0.962 bits per heavy atom. The molecule has 0 amide bonds. The van der Waals surface area contributed by atoms with Crippen molar-refractivity contribution in [3.63, 3.8) is 0 Å². The lowest BCUT2D eigenvalue weighted by Gasteiger charge is -2.34. The van der Waals surface area contributed by atoms with Gasteiger partial charge in [-0.2, -0.15) is 0 Å². The predicted molar refractivity (Wildman–Crippen MR) is 112 cm³/mol. The molecule has 2 N–H and O–H groups in total. The zero-order chi connectivity index (χ0) is 18.6. The van der Waals surface area contributed by atoms with Crippen LogP contribution in [0.25, 0.3) is 0 Å². The molecule has 2 rings (SSSR count). The molecule has 1 aliphatic rings. The Morgan fingerprint density at radius 3 is 2.31 bits per heavy atom. The van der Waals surface area contributed by atoms with E-state index in [1.54, 1.807) is 0 Å². The quantitative estimate of drug-likeness (QED) is 0.404. The fourth-order valence-corrected chi connectivity index (χ4v) is 3.26. The lowest BCUT2D eigenvalue weighted by Crippen LogP contribution is -2.45. The maximum Gasteiger partial charge on any atom is 0.191 e. The number of nitrogens with one attached hydrogen (secondary N) is 2. The van der Waals surface area contributed by atoms with Crippen LogP contribution in [0.5, 0.6) is 0 Å². The van der Waals surface area contributed by atoms with Crippen molar-refractivity contribution in [1.82, 2.24) is 20.4 Å². The molecule has 5 heteroatoms. The average Bonchev–Trinajstić information content (AvgIpc) is 2.68. The third-order valence-corrected chi connectivity index (χ3v) is 5.00. The molecule has 0 aromatic heterocycles. The second kappa shape index (κ2) is 11.9. The van der Waals surface area contributed by atoms with Crippen LogP contribution in [-0.4, -0.2) is 61.6 Å². The number of aliphatic imine (C=N–C) groups is 1. The molecule has 26 heavy (non-hydrogen) atoms. The molecule has 0 spiro atoms. The van der Waals surface area contributed by atoms with Crippen LogP contribution in [0.2, 0.25) is 0 Å². The highest BCUT2D eigenvalue weighted by molar-refractivity contribution is 5.79. The largest absolute Gasteiger partial charge is 0.357 e. The van der Waals surface area contributed by atoms with Crippen LogP contribution in [0.3, 0.4) is 0 Å². The summed E-state index contributed by atoms with van der Waals surface area (Å²) in [4.78, 5) is 9.90. The van der Waals surface area contributed by atoms with Gasteiger partial charge in [0.2, 0.25) is 0 Å². The zero-order valence-electron chi connectivity index (χ0n) is 16.9. The summed E-state index contributed by atoms with van der Waals surface area (Å²) >= 11 is 0. The van der Waals surface area contributed by atoms with Gasteiger partial charge in [-0.1, -0.05) is 44.5 Å². The molecule has 1 aliphatic heterocycles. The highest BCUT2D eigenvalue weighted by atomic mass is 15.3. The molecule has 5 nitrogen and oxygen atoms in total. The Morgan fingerprint density at radius 2 is 1.65 bits per heavy atom. The van der Waals surface area contributed by atoms with Crippen LogP contribution >= 0.6 is 0 Å². The summed E-state index contributed by atoms with van der Waals surface area (Å²) in [5.41, 5.74) is 2.74. The Balaban J connectivity index is 1.95. The number of nitrogens with zero attached hydrogens (tertiary/aromatic N) is 3. The Hall–Kier alpha value is -1.59. The van der Waals surface area contributed by atoms with Gasteiger partial charge in [-0.15, -0.1) is 0 Å². The lowest BCUT2D eigenvalue weighted by molar-refractivity contribution is 0.131. The number of unbranched alkanes of at least 4 members (excludes halogenated alkanes) is 1. The van der Waals surface area contributed by atoms with Crippen LogP contribution < -0.4 is 10.6 Å². The van der Waals surface area contributed by atoms with Gasteiger partial charge < -0.3 is 15.5 Å². The molecule has 0 atom stereocenters. The SMILES string of the molecule is CCCCNC(=NCc1ccccc1CN1CCN(CC)CC1)NCC. The van der Waals surface area contributed by atoms with E-state index in [1.807, 2.05) is 0 Å². The van der Waals surface area contributed by atoms with E-state index < -0.39 is 0 Å². The summed E-state index contributed by atoms with van der Waals surface area (Å²) in [6.07, 6.45) is 2.37. The van der Waals surface area contributed by atoms with E-state index >= 15 is 0 Å². The minimum atomic E-state index is 0.729. The van der Waals surface area contributed by atoms with Gasteiger partial charge in [-0.05, 0) is 31.0 Å². The van der Waals surface area contributed by atoms with E-state index in [-0.39, 0.29) is 0 Å². The Kier molecular flexibility index (Phi) is 9.50. The van der Waals surface area contributed by atoms with E-state index in [4.69, 9.17) is 4.99 Å². The molecule has 1 aromatic rings. The van der Waals surface area contributed by atoms with Gasteiger partial charge in [0.25, 0.3) is 0 Å². The smallest absolute Gasteiger partial charge is 0.191 e. The number of benzene rings is 1. The fourth-order valence-electron chi connectivity index (χ4n) is 3.26. The molecule has 0 unspecified atom stereocenters. The van der Waals surface area contributed by atoms with Gasteiger partial charge in [0.05, 0.1) is 6.54 Å². The van der Waals surface area contributed by atoms with Crippen LogP contribution in [0.1, 0.15) is 44.7 Å². The van der Waals surface area contributed by atoms with Crippen molar-refractivity contribution in [3.8, 4) is 0 Å². The van der Waals surface area contributed by atoms with Crippen LogP contribution in [-0.2, 0) is 13.1 Å². The van der Waals surface area contributed by atoms with E-state index in [9.17, 15) is 0 Å². The molecule has 0 bridgehead atoms. The van der Waals surface area contributed by atoms with Crippen molar-refractivity contribution >= 4 is 5.96 Å². The highest BCUT2D eigenvalue weighted by Gasteiger charge is 2.16. The highest BCUT2D eigenvalue weighted by Crippen LogP contribution is 2.14.